The predicted octanol–water partition coefficient (Wildman–Crippen LogP) is 9.22. The Morgan fingerprint density at radius 3 is 2.48 bits per heavy atom. The number of benzene rings is 4. The summed E-state index contributed by atoms with van der Waals surface area (Å²) in [6.07, 6.45) is 1.33. The van der Waals surface area contributed by atoms with Crippen LogP contribution in [-0.2, 0) is 6.61 Å². The molecule has 0 amide bonds. The number of hydrogen-bond donors (Lipinski definition) is 0. The first-order valence-corrected chi connectivity index (χ1v) is 15.5. The van der Waals surface area contributed by atoms with Crippen molar-refractivity contribution in [1.82, 2.24) is 9.66 Å². The van der Waals surface area contributed by atoms with Crippen molar-refractivity contribution in [1.29, 1.82) is 0 Å². The number of fused-ring (bicyclic) bond motifs is 1. The fourth-order valence-electron chi connectivity index (χ4n) is 4.94. The molecule has 0 bridgehead atoms. The molecule has 0 saturated carbocycles. The molecular weight excluding hydrogens is 651 g/mol. The highest BCUT2D eigenvalue weighted by molar-refractivity contribution is 6.35. The molecular formula is C34H29Cl3N4O5. The van der Waals surface area contributed by atoms with Crippen molar-refractivity contribution >= 4 is 57.6 Å². The minimum Gasteiger partial charge on any atom is -0.494 e. The molecule has 0 saturated heterocycles. The maximum atomic E-state index is 13.8. The highest BCUT2D eigenvalue weighted by Crippen LogP contribution is 2.38. The van der Waals surface area contributed by atoms with E-state index in [1.165, 1.54) is 23.0 Å². The Morgan fingerprint density at radius 2 is 1.78 bits per heavy atom. The Kier molecular flexibility index (Phi) is 9.96. The van der Waals surface area contributed by atoms with Crippen LogP contribution in [0, 0.1) is 17.0 Å². The van der Waals surface area contributed by atoms with Gasteiger partial charge in [0.15, 0.2) is 5.82 Å². The molecule has 12 heteroatoms. The van der Waals surface area contributed by atoms with E-state index in [0.29, 0.717) is 44.5 Å². The van der Waals surface area contributed by atoms with E-state index in [0.717, 1.165) is 16.9 Å². The summed E-state index contributed by atoms with van der Waals surface area (Å²) < 4.78 is 12.8. The number of para-hydroxylation sites is 1. The van der Waals surface area contributed by atoms with Gasteiger partial charge in [-0.25, -0.2) is 4.98 Å². The van der Waals surface area contributed by atoms with Crippen LogP contribution in [0.3, 0.4) is 0 Å². The quantitative estimate of drug-likeness (QED) is 0.0827. The lowest BCUT2D eigenvalue weighted by molar-refractivity contribution is -0.385. The fourth-order valence-corrected chi connectivity index (χ4v) is 5.68. The van der Waals surface area contributed by atoms with Gasteiger partial charge in [-0.05, 0) is 73.4 Å². The zero-order valence-corrected chi connectivity index (χ0v) is 27.7. The van der Waals surface area contributed by atoms with E-state index in [4.69, 9.17) is 49.3 Å². The van der Waals surface area contributed by atoms with Gasteiger partial charge in [0, 0.05) is 32.8 Å². The van der Waals surface area contributed by atoms with Crippen LogP contribution in [-0.4, -0.2) is 27.4 Å². The summed E-state index contributed by atoms with van der Waals surface area (Å²) in [6, 6.07) is 18.5. The first-order valence-electron chi connectivity index (χ1n) is 14.4. The van der Waals surface area contributed by atoms with Crippen molar-refractivity contribution in [3.05, 3.63) is 125 Å². The van der Waals surface area contributed by atoms with Crippen LogP contribution in [0.5, 0.6) is 11.5 Å². The molecule has 9 nitrogen and oxygen atoms in total. The second-order valence-corrected chi connectivity index (χ2v) is 12.0. The normalized spacial score (nSPS) is 11.5. The molecule has 0 aliphatic rings. The van der Waals surface area contributed by atoms with Gasteiger partial charge >= 0.3 is 5.69 Å². The summed E-state index contributed by atoms with van der Waals surface area (Å²) in [5.74, 6) is 1.07. The Labute approximate surface area is 280 Å². The number of rotatable bonds is 10. The highest BCUT2D eigenvalue weighted by atomic mass is 35.5. The van der Waals surface area contributed by atoms with Crippen LogP contribution >= 0.6 is 34.8 Å². The summed E-state index contributed by atoms with van der Waals surface area (Å²) in [5.41, 5.74) is 3.05. The third kappa shape index (κ3) is 6.87. The first kappa shape index (κ1) is 32.9. The Hall–Kier alpha value is -4.44. The van der Waals surface area contributed by atoms with Crippen LogP contribution in [0.2, 0.25) is 15.1 Å². The molecule has 1 heterocycles. The summed E-state index contributed by atoms with van der Waals surface area (Å²) in [7, 11) is 0. The number of aryl methyl sites for hydroxylation is 1. The zero-order chi connectivity index (χ0) is 33.1. The number of ether oxygens (including phenoxy) is 2. The van der Waals surface area contributed by atoms with Crippen molar-refractivity contribution < 1.29 is 14.4 Å². The van der Waals surface area contributed by atoms with Crippen molar-refractivity contribution in [3.8, 4) is 22.9 Å². The van der Waals surface area contributed by atoms with Gasteiger partial charge in [0.25, 0.3) is 5.56 Å². The molecule has 4 aromatic carbocycles. The van der Waals surface area contributed by atoms with Crippen LogP contribution in [0.4, 0.5) is 5.69 Å². The van der Waals surface area contributed by atoms with Gasteiger partial charge in [-0.2, -0.15) is 9.78 Å². The number of nitrogens with zero attached hydrogens (tertiary/aromatic N) is 4. The SMILES string of the molecule is CCOc1cc(C)c(-c2nc3ccccc3c(=O)n2N=Cc2cc(Cl)c(OCc3ccc(Cl)cc3Cl)c([N+](=O)[O-])c2)cc1C(C)C. The Morgan fingerprint density at radius 1 is 1.02 bits per heavy atom. The lowest BCUT2D eigenvalue weighted by Gasteiger charge is -2.18. The molecule has 0 spiro atoms. The van der Waals surface area contributed by atoms with E-state index in [1.807, 2.05) is 32.0 Å². The lowest BCUT2D eigenvalue weighted by atomic mass is 9.96. The second-order valence-electron chi connectivity index (χ2n) is 10.7. The van der Waals surface area contributed by atoms with Crippen molar-refractivity contribution in [2.45, 2.75) is 40.2 Å². The molecule has 1 aromatic heterocycles. The summed E-state index contributed by atoms with van der Waals surface area (Å²) in [6.45, 7) is 8.39. The van der Waals surface area contributed by atoms with Crippen LogP contribution in [0.25, 0.3) is 22.3 Å². The molecule has 0 aliphatic carbocycles. The Bertz CT molecular complexity index is 2060. The van der Waals surface area contributed by atoms with Crippen LogP contribution in [0.1, 0.15) is 48.9 Å². The molecule has 0 fully saturated rings. The van der Waals surface area contributed by atoms with Gasteiger partial charge in [0.2, 0.25) is 5.75 Å². The average Bonchev–Trinajstić information content (AvgIpc) is 3.00. The summed E-state index contributed by atoms with van der Waals surface area (Å²) >= 11 is 18.7. The van der Waals surface area contributed by atoms with E-state index >= 15 is 0 Å². The van der Waals surface area contributed by atoms with E-state index < -0.39 is 10.5 Å². The maximum Gasteiger partial charge on any atom is 0.313 e. The van der Waals surface area contributed by atoms with E-state index in [1.54, 1.807) is 36.4 Å². The van der Waals surface area contributed by atoms with Gasteiger partial charge in [0.1, 0.15) is 12.4 Å². The van der Waals surface area contributed by atoms with Crippen LogP contribution < -0.4 is 15.0 Å². The number of aromatic nitrogens is 2. The maximum absolute atomic E-state index is 13.8. The molecule has 0 radical (unpaired) electrons. The number of nitro groups is 1. The molecule has 5 aromatic rings. The summed E-state index contributed by atoms with van der Waals surface area (Å²) in [5, 5.41) is 17.7. The standard InChI is InChI=1S/C34H29Cl3N4O5/c1-5-45-31-12-20(4)26(16-25(31)19(2)3)33-39-29-9-7-6-8-24(29)34(42)40(33)38-17-21-13-28(37)32(30(14-21)41(43)44)46-18-22-10-11-23(35)15-27(22)36/h6-17,19H,5,18H2,1-4H3. The minimum atomic E-state index is -0.603. The number of hydrogen-bond acceptors (Lipinski definition) is 7. The number of halogens is 3. The predicted molar refractivity (Wildman–Crippen MR) is 183 cm³/mol. The zero-order valence-electron chi connectivity index (χ0n) is 25.4. The van der Waals surface area contributed by atoms with Gasteiger partial charge < -0.3 is 9.47 Å². The molecule has 0 unspecified atom stereocenters. The highest BCUT2D eigenvalue weighted by Gasteiger charge is 2.22. The number of nitro benzene ring substituents is 1. The lowest BCUT2D eigenvalue weighted by Crippen LogP contribution is -2.21. The third-order valence-electron chi connectivity index (χ3n) is 7.23. The van der Waals surface area contributed by atoms with E-state index in [9.17, 15) is 14.9 Å². The summed E-state index contributed by atoms with van der Waals surface area (Å²) in [4.78, 5) is 30.1. The average molecular weight is 680 g/mol. The molecule has 0 aliphatic heterocycles. The molecule has 5 rings (SSSR count). The van der Waals surface area contributed by atoms with Gasteiger partial charge in [-0.1, -0.05) is 66.8 Å². The smallest absolute Gasteiger partial charge is 0.313 e. The van der Waals surface area contributed by atoms with Crippen molar-refractivity contribution in [3.63, 3.8) is 0 Å². The van der Waals surface area contributed by atoms with Gasteiger partial charge in [-0.15, -0.1) is 0 Å². The minimum absolute atomic E-state index is 0.0196. The topological polar surface area (TPSA) is 109 Å². The molecule has 0 N–H and O–H groups in total. The van der Waals surface area contributed by atoms with E-state index in [-0.39, 0.29) is 34.5 Å². The molecule has 46 heavy (non-hydrogen) atoms. The molecule has 236 valence electrons. The van der Waals surface area contributed by atoms with Gasteiger partial charge in [-0.3, -0.25) is 14.9 Å². The third-order valence-corrected chi connectivity index (χ3v) is 8.09. The van der Waals surface area contributed by atoms with E-state index in [2.05, 4.69) is 18.9 Å². The largest absolute Gasteiger partial charge is 0.494 e. The fraction of sp³-hybridized carbons (Fsp3) is 0.206. The van der Waals surface area contributed by atoms with Gasteiger partial charge in [0.05, 0.1) is 33.7 Å². The van der Waals surface area contributed by atoms with Crippen molar-refractivity contribution in [2.75, 3.05) is 6.61 Å². The second kappa shape index (κ2) is 13.9. The van der Waals surface area contributed by atoms with Crippen molar-refractivity contribution in [2.24, 2.45) is 5.10 Å². The monoisotopic (exact) mass is 678 g/mol. The first-order chi connectivity index (χ1) is 22.0. The van der Waals surface area contributed by atoms with Crippen LogP contribution in [0.15, 0.2) is 76.6 Å². The Balaban J connectivity index is 1.60. The molecule has 0 atom stereocenters.